The van der Waals surface area contributed by atoms with Crippen molar-refractivity contribution < 1.29 is 14.3 Å². The number of nitrogens with zero attached hydrogens (tertiary/aromatic N) is 4. The Bertz CT molecular complexity index is 1100. The molecule has 4 rings (SSSR count). The van der Waals surface area contributed by atoms with Crippen molar-refractivity contribution in [3.05, 3.63) is 28.5 Å². The lowest BCUT2D eigenvalue weighted by molar-refractivity contribution is 0.0820. The van der Waals surface area contributed by atoms with Crippen molar-refractivity contribution >= 4 is 56.4 Å². The molecule has 1 fully saturated rings. The Morgan fingerprint density at radius 2 is 2.00 bits per heavy atom. The molecule has 9 nitrogen and oxygen atoms in total. The number of carbonyl (C=O) groups is 1. The number of nitrogens with one attached hydrogen (secondary N) is 2. The van der Waals surface area contributed by atoms with E-state index in [0.29, 0.717) is 22.3 Å². The van der Waals surface area contributed by atoms with Gasteiger partial charge in [0.2, 0.25) is 5.88 Å². The molecule has 164 valence electrons. The molecule has 2 amide bonds. The molecule has 0 atom stereocenters. The maximum Gasteiger partial charge on any atom is 0.323 e. The third kappa shape index (κ3) is 4.65. The minimum Gasteiger partial charge on any atom is -0.480 e. The van der Waals surface area contributed by atoms with Gasteiger partial charge in [0.05, 0.1) is 47.7 Å². The Kier molecular flexibility index (Phi) is 6.40. The van der Waals surface area contributed by atoms with Crippen molar-refractivity contribution in [2.24, 2.45) is 0 Å². The molecule has 3 aromatic heterocycles. The fourth-order valence-corrected chi connectivity index (χ4v) is 4.63. The zero-order valence-electron chi connectivity index (χ0n) is 17.4. The van der Waals surface area contributed by atoms with E-state index in [1.807, 2.05) is 6.92 Å². The van der Waals surface area contributed by atoms with Gasteiger partial charge in [0.1, 0.15) is 15.4 Å². The molecule has 0 saturated carbocycles. The minimum absolute atomic E-state index is 0.248. The number of fused-ring (bicyclic) bond motifs is 1. The number of thiazole rings is 1. The van der Waals surface area contributed by atoms with Crippen LogP contribution in [0.3, 0.4) is 0 Å². The summed E-state index contributed by atoms with van der Waals surface area (Å²) in [7, 11) is 3.22. The van der Waals surface area contributed by atoms with E-state index in [2.05, 4.69) is 30.5 Å². The number of methoxy groups -OCH3 is 2. The number of aryl methyl sites for hydroxylation is 1. The van der Waals surface area contributed by atoms with Crippen LogP contribution in [0.4, 0.5) is 21.9 Å². The average Bonchev–Trinajstić information content (AvgIpc) is 3.14. The number of carbonyl (C=O) groups excluding carboxylic acids is 1. The number of anilines is 3. The quantitative estimate of drug-likeness (QED) is 0.582. The number of pyridine rings is 2. The van der Waals surface area contributed by atoms with Crippen LogP contribution in [-0.2, 0) is 4.74 Å². The van der Waals surface area contributed by atoms with Gasteiger partial charge in [0.15, 0.2) is 0 Å². The van der Waals surface area contributed by atoms with Crippen LogP contribution in [0, 0.1) is 6.92 Å². The number of rotatable bonds is 5. The van der Waals surface area contributed by atoms with Gasteiger partial charge in [-0.05, 0) is 25.8 Å². The van der Waals surface area contributed by atoms with Gasteiger partial charge in [0, 0.05) is 20.2 Å². The summed E-state index contributed by atoms with van der Waals surface area (Å²) >= 11 is 7.63. The lowest BCUT2D eigenvalue weighted by atomic mass is 10.1. The average molecular weight is 463 g/mol. The normalized spacial score (nSPS) is 14.6. The van der Waals surface area contributed by atoms with Crippen molar-refractivity contribution in [2.75, 3.05) is 42.8 Å². The Balaban J connectivity index is 1.59. The summed E-state index contributed by atoms with van der Waals surface area (Å²) < 4.78 is 10.5. The highest BCUT2D eigenvalue weighted by Crippen LogP contribution is 2.37. The van der Waals surface area contributed by atoms with Crippen LogP contribution >= 0.6 is 22.9 Å². The van der Waals surface area contributed by atoms with Crippen LogP contribution < -0.4 is 20.3 Å². The molecule has 0 bridgehead atoms. The second-order valence-corrected chi connectivity index (χ2v) is 8.71. The first-order chi connectivity index (χ1) is 15.0. The number of piperidine rings is 1. The van der Waals surface area contributed by atoms with E-state index in [-0.39, 0.29) is 6.10 Å². The molecule has 0 spiro atoms. The van der Waals surface area contributed by atoms with Gasteiger partial charge in [-0.1, -0.05) is 22.9 Å². The second-order valence-electron chi connectivity index (χ2n) is 7.12. The summed E-state index contributed by atoms with van der Waals surface area (Å²) in [6.07, 6.45) is 5.22. The van der Waals surface area contributed by atoms with Crippen molar-refractivity contribution in [3.63, 3.8) is 0 Å². The predicted octanol–water partition coefficient (Wildman–Crippen LogP) is 4.32. The van der Waals surface area contributed by atoms with Gasteiger partial charge >= 0.3 is 6.03 Å². The first-order valence-corrected chi connectivity index (χ1v) is 11.0. The van der Waals surface area contributed by atoms with Crippen molar-refractivity contribution in [1.82, 2.24) is 15.0 Å². The van der Waals surface area contributed by atoms with E-state index in [9.17, 15) is 4.79 Å². The first kappa shape index (κ1) is 21.5. The van der Waals surface area contributed by atoms with Gasteiger partial charge in [-0.3, -0.25) is 0 Å². The summed E-state index contributed by atoms with van der Waals surface area (Å²) in [5.74, 6) is 0.294. The summed E-state index contributed by atoms with van der Waals surface area (Å²) in [5.41, 5.74) is 2.72. The van der Waals surface area contributed by atoms with Gasteiger partial charge in [-0.15, -0.1) is 0 Å². The number of halogens is 1. The number of hydrogen-bond donors (Lipinski definition) is 2. The Labute approximate surface area is 188 Å². The second kappa shape index (κ2) is 9.21. The van der Waals surface area contributed by atoms with E-state index in [0.717, 1.165) is 47.0 Å². The molecule has 1 saturated heterocycles. The monoisotopic (exact) mass is 462 g/mol. The molecule has 31 heavy (non-hydrogen) atoms. The molecule has 0 radical (unpaired) electrons. The van der Waals surface area contributed by atoms with Crippen molar-refractivity contribution in [1.29, 1.82) is 0 Å². The number of aromatic nitrogens is 3. The maximum atomic E-state index is 12.7. The van der Waals surface area contributed by atoms with Crippen molar-refractivity contribution in [3.8, 4) is 5.88 Å². The van der Waals surface area contributed by atoms with Crippen LogP contribution in [0.15, 0.2) is 18.5 Å². The fourth-order valence-electron chi connectivity index (χ4n) is 3.63. The lowest BCUT2D eigenvalue weighted by Crippen LogP contribution is -2.37. The molecule has 1 aliphatic rings. The smallest absolute Gasteiger partial charge is 0.323 e. The summed E-state index contributed by atoms with van der Waals surface area (Å²) in [5, 5.41) is 6.89. The van der Waals surface area contributed by atoms with Crippen molar-refractivity contribution in [2.45, 2.75) is 25.9 Å². The van der Waals surface area contributed by atoms with E-state index in [1.165, 1.54) is 24.6 Å². The number of urea groups is 1. The molecule has 0 aliphatic carbocycles. The van der Waals surface area contributed by atoms with Crippen LogP contribution in [-0.4, -0.2) is 54.4 Å². The van der Waals surface area contributed by atoms with Crippen LogP contribution in [0.25, 0.3) is 10.3 Å². The fraction of sp³-hybridized carbons (Fsp3) is 0.400. The maximum absolute atomic E-state index is 12.7. The highest BCUT2D eigenvalue weighted by atomic mass is 35.5. The van der Waals surface area contributed by atoms with E-state index >= 15 is 0 Å². The number of ether oxygens (including phenoxy) is 2. The van der Waals surface area contributed by atoms with Gasteiger partial charge in [-0.25, -0.2) is 19.7 Å². The topological polar surface area (TPSA) is 102 Å². The standard InChI is InChI=1S/C20H23ClN6O3S/c1-11-24-16-17(27-6-4-13(29-2)5-7-27)15(10-23-19(16)31-11)26-20(28)25-12-8-14(21)18(30-3)22-9-12/h8-10,13H,4-7H2,1-3H3,(H2,25,26,28). The predicted molar refractivity (Wildman–Crippen MR) is 123 cm³/mol. The number of amides is 2. The molecule has 0 aromatic carbocycles. The first-order valence-electron chi connectivity index (χ1n) is 9.80. The molecule has 11 heteroatoms. The Hall–Kier alpha value is -2.69. The summed E-state index contributed by atoms with van der Waals surface area (Å²) in [6, 6.07) is 1.15. The minimum atomic E-state index is -0.427. The zero-order valence-corrected chi connectivity index (χ0v) is 19.0. The SMILES string of the molecule is COc1ncc(NC(=O)Nc2cnc3sc(C)nc3c2N2CCC(OC)CC2)cc1Cl. The highest BCUT2D eigenvalue weighted by molar-refractivity contribution is 7.18. The lowest BCUT2D eigenvalue weighted by Gasteiger charge is -2.34. The highest BCUT2D eigenvalue weighted by Gasteiger charge is 2.25. The van der Waals surface area contributed by atoms with E-state index in [4.69, 9.17) is 21.1 Å². The molecule has 2 N–H and O–H groups in total. The Morgan fingerprint density at radius 3 is 2.68 bits per heavy atom. The molecule has 4 heterocycles. The molecular formula is C20H23ClN6O3S. The largest absolute Gasteiger partial charge is 0.480 e. The van der Waals surface area contributed by atoms with Gasteiger partial charge < -0.3 is 25.0 Å². The van der Waals surface area contributed by atoms with E-state index < -0.39 is 6.03 Å². The summed E-state index contributed by atoms with van der Waals surface area (Å²) in [6.45, 7) is 3.57. The summed E-state index contributed by atoms with van der Waals surface area (Å²) in [4.78, 5) is 29.0. The number of hydrogen-bond acceptors (Lipinski definition) is 8. The van der Waals surface area contributed by atoms with Crippen LogP contribution in [0.1, 0.15) is 17.8 Å². The van der Waals surface area contributed by atoms with Gasteiger partial charge in [-0.2, -0.15) is 0 Å². The third-order valence-corrected chi connectivity index (χ3v) is 6.25. The van der Waals surface area contributed by atoms with Crippen LogP contribution in [0.2, 0.25) is 5.02 Å². The molecule has 3 aromatic rings. The van der Waals surface area contributed by atoms with Crippen LogP contribution in [0.5, 0.6) is 5.88 Å². The third-order valence-electron chi connectivity index (χ3n) is 5.10. The van der Waals surface area contributed by atoms with Gasteiger partial charge in [0.25, 0.3) is 0 Å². The molecular weight excluding hydrogens is 440 g/mol. The Morgan fingerprint density at radius 1 is 1.23 bits per heavy atom. The zero-order chi connectivity index (χ0) is 22.0. The van der Waals surface area contributed by atoms with E-state index in [1.54, 1.807) is 19.4 Å². The molecule has 1 aliphatic heterocycles. The molecule has 0 unspecified atom stereocenters.